The van der Waals surface area contributed by atoms with Gasteiger partial charge in [0.15, 0.2) is 0 Å². The predicted molar refractivity (Wildman–Crippen MR) is 108 cm³/mol. The highest BCUT2D eigenvalue weighted by Crippen LogP contribution is 2.16. The Hall–Kier alpha value is -3.71. The van der Waals surface area contributed by atoms with Crippen LogP contribution in [0.15, 0.2) is 72.9 Å². The Kier molecular flexibility index (Phi) is 6.33. The van der Waals surface area contributed by atoms with Crippen LogP contribution in [0.25, 0.3) is 0 Å². The number of aromatic nitrogens is 1. The number of amides is 2. The average Bonchev–Trinajstić information content (AvgIpc) is 2.74. The van der Waals surface area contributed by atoms with E-state index in [2.05, 4.69) is 26.5 Å². The van der Waals surface area contributed by atoms with Crippen molar-refractivity contribution in [2.75, 3.05) is 12.4 Å². The molecule has 142 valence electrons. The van der Waals surface area contributed by atoms with E-state index in [0.29, 0.717) is 23.5 Å². The minimum Gasteiger partial charge on any atom is -0.355 e. The summed E-state index contributed by atoms with van der Waals surface area (Å²) >= 11 is 0. The second-order valence-electron chi connectivity index (χ2n) is 6.01. The van der Waals surface area contributed by atoms with E-state index >= 15 is 0 Å². The number of hydrogen-bond acceptors (Lipinski definition) is 5. The van der Waals surface area contributed by atoms with E-state index in [9.17, 15) is 9.59 Å². The van der Waals surface area contributed by atoms with Gasteiger partial charge in [-0.2, -0.15) is 0 Å². The Morgan fingerprint density at radius 2 is 1.71 bits per heavy atom. The van der Waals surface area contributed by atoms with Crippen LogP contribution in [0.1, 0.15) is 26.3 Å². The van der Waals surface area contributed by atoms with Crippen molar-refractivity contribution < 1.29 is 9.59 Å². The van der Waals surface area contributed by atoms with Crippen LogP contribution in [-0.2, 0) is 6.54 Å². The molecule has 28 heavy (non-hydrogen) atoms. The molecule has 0 aliphatic rings. The number of benzene rings is 2. The van der Waals surface area contributed by atoms with Gasteiger partial charge in [-0.05, 0) is 35.9 Å². The molecule has 0 saturated heterocycles. The molecule has 1 aromatic heterocycles. The minimum atomic E-state index is -0.267. The Morgan fingerprint density at radius 1 is 0.893 bits per heavy atom. The third-order valence-corrected chi connectivity index (χ3v) is 3.99. The van der Waals surface area contributed by atoms with Gasteiger partial charge in [-0.3, -0.25) is 15.0 Å². The van der Waals surface area contributed by atoms with Gasteiger partial charge in [0.2, 0.25) is 0 Å². The van der Waals surface area contributed by atoms with Crippen molar-refractivity contribution in [3.05, 3.63) is 89.6 Å². The molecule has 0 radical (unpaired) electrons. The van der Waals surface area contributed by atoms with Gasteiger partial charge >= 0.3 is 0 Å². The van der Waals surface area contributed by atoms with Gasteiger partial charge in [-0.25, -0.2) is 10.4 Å². The monoisotopic (exact) mass is 375 g/mol. The van der Waals surface area contributed by atoms with Crippen LogP contribution < -0.4 is 21.5 Å². The van der Waals surface area contributed by atoms with E-state index in [1.165, 1.54) is 6.20 Å². The molecule has 0 fully saturated rings. The van der Waals surface area contributed by atoms with E-state index in [-0.39, 0.29) is 11.8 Å². The third-order valence-electron chi connectivity index (χ3n) is 3.99. The summed E-state index contributed by atoms with van der Waals surface area (Å²) in [6.07, 6.45) is 1.49. The lowest BCUT2D eigenvalue weighted by molar-refractivity contribution is 0.0930. The maximum absolute atomic E-state index is 12.2. The normalized spacial score (nSPS) is 10.2. The quantitative estimate of drug-likeness (QED) is 0.476. The van der Waals surface area contributed by atoms with Gasteiger partial charge in [-0.1, -0.05) is 36.4 Å². The standard InChI is InChI=1S/C21H21N5O2/c1-22-20(27)16-8-5-9-18(12-16)25-19-11-10-17(14-23-19)21(28)26-24-13-15-6-3-2-4-7-15/h2-12,14,24H,13H2,1H3,(H,22,27)(H,23,25)(H,26,28). The number of anilines is 2. The fraction of sp³-hybridized carbons (Fsp3) is 0.0952. The van der Waals surface area contributed by atoms with Gasteiger partial charge < -0.3 is 10.6 Å². The Bertz CT molecular complexity index is 943. The Balaban J connectivity index is 1.56. The van der Waals surface area contributed by atoms with Gasteiger partial charge in [-0.15, -0.1) is 0 Å². The zero-order chi connectivity index (χ0) is 19.8. The summed E-state index contributed by atoms with van der Waals surface area (Å²) < 4.78 is 0. The maximum Gasteiger partial charge on any atom is 0.266 e. The van der Waals surface area contributed by atoms with Crippen LogP contribution in [0.5, 0.6) is 0 Å². The zero-order valence-corrected chi connectivity index (χ0v) is 15.4. The number of nitrogens with one attached hydrogen (secondary N) is 4. The van der Waals surface area contributed by atoms with E-state index in [0.717, 1.165) is 11.3 Å². The summed E-state index contributed by atoms with van der Waals surface area (Å²) in [4.78, 5) is 28.1. The summed E-state index contributed by atoms with van der Waals surface area (Å²) in [7, 11) is 1.59. The van der Waals surface area contributed by atoms with Gasteiger partial charge in [0.05, 0.1) is 5.56 Å². The van der Waals surface area contributed by atoms with E-state index in [4.69, 9.17) is 0 Å². The lowest BCUT2D eigenvalue weighted by atomic mass is 10.2. The number of carbonyl (C=O) groups excluding carboxylic acids is 2. The lowest BCUT2D eigenvalue weighted by Gasteiger charge is -2.09. The second-order valence-corrected chi connectivity index (χ2v) is 6.01. The van der Waals surface area contributed by atoms with Crippen molar-refractivity contribution in [1.82, 2.24) is 21.2 Å². The van der Waals surface area contributed by atoms with E-state index in [1.54, 1.807) is 37.4 Å². The van der Waals surface area contributed by atoms with E-state index < -0.39 is 0 Å². The van der Waals surface area contributed by atoms with Crippen LogP contribution in [-0.4, -0.2) is 23.8 Å². The van der Waals surface area contributed by atoms with Crippen molar-refractivity contribution in [3.8, 4) is 0 Å². The van der Waals surface area contributed by atoms with Crippen LogP contribution in [0, 0.1) is 0 Å². The highest BCUT2D eigenvalue weighted by Gasteiger charge is 2.07. The number of hydrazine groups is 1. The first kappa shape index (κ1) is 19.1. The van der Waals surface area contributed by atoms with Crippen LogP contribution >= 0.6 is 0 Å². The molecule has 0 atom stereocenters. The molecule has 3 rings (SSSR count). The van der Waals surface area contributed by atoms with Crippen molar-refractivity contribution in [2.45, 2.75) is 6.54 Å². The molecule has 0 saturated carbocycles. The number of rotatable bonds is 7. The molecule has 2 amide bonds. The first-order valence-corrected chi connectivity index (χ1v) is 8.78. The zero-order valence-electron chi connectivity index (χ0n) is 15.4. The van der Waals surface area contributed by atoms with Gasteiger partial charge in [0, 0.05) is 31.0 Å². The molecule has 7 heteroatoms. The fourth-order valence-corrected chi connectivity index (χ4v) is 2.53. The molecule has 3 aromatic rings. The molecule has 2 aromatic carbocycles. The molecular formula is C21H21N5O2. The molecule has 4 N–H and O–H groups in total. The van der Waals surface area contributed by atoms with Crippen LogP contribution in [0.3, 0.4) is 0 Å². The Morgan fingerprint density at radius 3 is 2.43 bits per heavy atom. The topological polar surface area (TPSA) is 95.2 Å². The molecular weight excluding hydrogens is 354 g/mol. The van der Waals surface area contributed by atoms with Gasteiger partial charge in [0.1, 0.15) is 5.82 Å². The smallest absolute Gasteiger partial charge is 0.266 e. The van der Waals surface area contributed by atoms with Gasteiger partial charge in [0.25, 0.3) is 11.8 Å². The van der Waals surface area contributed by atoms with E-state index in [1.807, 2.05) is 36.4 Å². The third kappa shape index (κ3) is 5.15. The van der Waals surface area contributed by atoms with Crippen molar-refractivity contribution in [3.63, 3.8) is 0 Å². The van der Waals surface area contributed by atoms with Crippen LogP contribution in [0.2, 0.25) is 0 Å². The average molecular weight is 375 g/mol. The first-order valence-electron chi connectivity index (χ1n) is 8.78. The number of carbonyl (C=O) groups is 2. The highest BCUT2D eigenvalue weighted by atomic mass is 16.2. The second kappa shape index (κ2) is 9.29. The molecule has 7 nitrogen and oxygen atoms in total. The van der Waals surface area contributed by atoms with Crippen LogP contribution in [0.4, 0.5) is 11.5 Å². The lowest BCUT2D eigenvalue weighted by Crippen LogP contribution is -2.36. The maximum atomic E-state index is 12.2. The Labute approximate surface area is 163 Å². The summed E-state index contributed by atoms with van der Waals surface area (Å²) in [6.45, 7) is 0.529. The van der Waals surface area contributed by atoms with Crippen molar-refractivity contribution in [2.24, 2.45) is 0 Å². The molecule has 0 bridgehead atoms. The summed E-state index contributed by atoms with van der Waals surface area (Å²) in [5.41, 5.74) is 8.33. The minimum absolute atomic E-state index is 0.161. The number of pyridine rings is 1. The van der Waals surface area contributed by atoms with Crippen molar-refractivity contribution in [1.29, 1.82) is 0 Å². The molecule has 1 heterocycles. The molecule has 0 aliphatic heterocycles. The van der Waals surface area contributed by atoms with Crippen molar-refractivity contribution >= 4 is 23.3 Å². The number of hydrogen-bond donors (Lipinski definition) is 4. The predicted octanol–water partition coefficient (Wildman–Crippen LogP) is 2.62. The molecule has 0 spiro atoms. The SMILES string of the molecule is CNC(=O)c1cccc(Nc2ccc(C(=O)NNCc3ccccc3)cn2)c1. The number of nitrogens with zero attached hydrogens (tertiary/aromatic N) is 1. The molecule has 0 aliphatic carbocycles. The summed E-state index contributed by atoms with van der Waals surface area (Å²) in [5, 5.41) is 5.70. The summed E-state index contributed by atoms with van der Waals surface area (Å²) in [5.74, 6) is 0.145. The first-order chi connectivity index (χ1) is 13.7. The highest BCUT2D eigenvalue weighted by molar-refractivity contribution is 5.95. The molecule has 0 unspecified atom stereocenters. The fourth-order valence-electron chi connectivity index (χ4n) is 2.53. The largest absolute Gasteiger partial charge is 0.355 e. The summed E-state index contributed by atoms with van der Waals surface area (Å²) in [6, 6.07) is 20.2.